The first kappa shape index (κ1) is 17.7. The first-order valence-corrected chi connectivity index (χ1v) is 8.74. The fraction of sp³-hybridized carbons (Fsp3) is 0.143. The molecule has 124 valence electrons. The molecule has 0 saturated carbocycles. The molecule has 9 heteroatoms. The highest BCUT2D eigenvalue weighted by molar-refractivity contribution is 14.1. The van der Waals surface area contributed by atoms with E-state index in [1.165, 1.54) is 55.0 Å². The molecule has 0 aliphatic carbocycles. The lowest BCUT2D eigenvalue weighted by Gasteiger charge is -2.13. The summed E-state index contributed by atoms with van der Waals surface area (Å²) >= 11 is 1.46. The summed E-state index contributed by atoms with van der Waals surface area (Å²) in [6.07, 6.45) is 0. The van der Waals surface area contributed by atoms with Crippen LogP contribution >= 0.6 is 22.6 Å². The van der Waals surface area contributed by atoms with E-state index < -0.39 is 21.7 Å². The van der Waals surface area contributed by atoms with Crippen LogP contribution in [0.4, 0.5) is 14.5 Å². The quantitative estimate of drug-likeness (QED) is 0.555. The van der Waals surface area contributed by atoms with Gasteiger partial charge in [0.1, 0.15) is 22.2 Å². The van der Waals surface area contributed by atoms with Crippen molar-refractivity contribution in [3.05, 3.63) is 45.5 Å². The monoisotopic (exact) mass is 455 g/mol. The van der Waals surface area contributed by atoms with Crippen molar-refractivity contribution in [2.24, 2.45) is 0 Å². The van der Waals surface area contributed by atoms with E-state index in [1.54, 1.807) is 0 Å². The number of nitrogens with one attached hydrogen (secondary N) is 1. The molecule has 0 aliphatic heterocycles. The second kappa shape index (κ2) is 6.87. The molecule has 0 unspecified atom stereocenters. The molecule has 0 heterocycles. The highest BCUT2D eigenvalue weighted by Gasteiger charge is 2.23. The van der Waals surface area contributed by atoms with Crippen molar-refractivity contribution in [3.63, 3.8) is 0 Å². The number of hydrogen-bond donors (Lipinski definition) is 1. The Balaban J connectivity index is 2.50. The Hall–Kier alpha value is -1.62. The Morgan fingerprint density at radius 1 is 1.09 bits per heavy atom. The second-order valence-corrected chi connectivity index (χ2v) is 7.07. The highest BCUT2D eigenvalue weighted by atomic mass is 127. The molecule has 2 rings (SSSR count). The van der Waals surface area contributed by atoms with Crippen LogP contribution < -0.4 is 14.2 Å². The average molecular weight is 455 g/mol. The third kappa shape index (κ3) is 3.66. The molecule has 23 heavy (non-hydrogen) atoms. The van der Waals surface area contributed by atoms with Gasteiger partial charge in [-0.15, -0.1) is 0 Å². The molecule has 0 aliphatic rings. The Morgan fingerprint density at radius 2 is 1.78 bits per heavy atom. The summed E-state index contributed by atoms with van der Waals surface area (Å²) in [5, 5.41) is 0. The molecule has 0 amide bonds. The number of methoxy groups -OCH3 is 2. The molecular formula is C14H12F2INO4S. The zero-order chi connectivity index (χ0) is 17.2. The topological polar surface area (TPSA) is 64.6 Å². The molecule has 1 N–H and O–H groups in total. The van der Waals surface area contributed by atoms with Crippen LogP contribution in [-0.2, 0) is 10.0 Å². The number of hydrogen-bond acceptors (Lipinski definition) is 4. The smallest absolute Gasteiger partial charge is 0.265 e. The predicted molar refractivity (Wildman–Crippen MR) is 89.4 cm³/mol. The fourth-order valence-electron chi connectivity index (χ4n) is 1.80. The third-order valence-corrected chi connectivity index (χ3v) is 5.32. The normalized spacial score (nSPS) is 11.2. The maximum Gasteiger partial charge on any atom is 0.265 e. The van der Waals surface area contributed by atoms with Crippen molar-refractivity contribution >= 4 is 38.3 Å². The molecule has 0 spiro atoms. The van der Waals surface area contributed by atoms with Gasteiger partial charge in [-0.2, -0.15) is 0 Å². The van der Waals surface area contributed by atoms with Crippen LogP contribution in [0.3, 0.4) is 0 Å². The van der Waals surface area contributed by atoms with E-state index in [4.69, 9.17) is 9.47 Å². The van der Waals surface area contributed by atoms with Crippen LogP contribution in [0, 0.1) is 15.2 Å². The Morgan fingerprint density at radius 3 is 2.39 bits per heavy atom. The van der Waals surface area contributed by atoms with Crippen molar-refractivity contribution in [3.8, 4) is 11.5 Å². The first-order valence-electron chi connectivity index (χ1n) is 6.18. The van der Waals surface area contributed by atoms with Gasteiger partial charge in [0.25, 0.3) is 10.0 Å². The molecule has 5 nitrogen and oxygen atoms in total. The number of benzene rings is 2. The minimum absolute atomic E-state index is 0.0653. The van der Waals surface area contributed by atoms with E-state index in [0.717, 1.165) is 12.1 Å². The van der Waals surface area contributed by atoms with E-state index >= 15 is 0 Å². The molecule has 0 fully saturated rings. The minimum Gasteiger partial charge on any atom is -0.497 e. The molecule has 0 radical (unpaired) electrons. The van der Waals surface area contributed by atoms with Gasteiger partial charge >= 0.3 is 0 Å². The van der Waals surface area contributed by atoms with E-state index in [1.807, 2.05) is 0 Å². The molecule has 0 aromatic heterocycles. The molecular weight excluding hydrogens is 443 g/mol. The maximum absolute atomic E-state index is 14.0. The van der Waals surface area contributed by atoms with Gasteiger partial charge in [0.05, 0.1) is 23.5 Å². The largest absolute Gasteiger partial charge is 0.497 e. The van der Waals surface area contributed by atoms with Gasteiger partial charge < -0.3 is 9.47 Å². The number of sulfonamides is 1. The van der Waals surface area contributed by atoms with Gasteiger partial charge in [-0.3, -0.25) is 4.72 Å². The maximum atomic E-state index is 14.0. The zero-order valence-corrected chi connectivity index (χ0v) is 15.0. The lowest BCUT2D eigenvalue weighted by Crippen LogP contribution is -2.15. The van der Waals surface area contributed by atoms with E-state index in [2.05, 4.69) is 4.72 Å². The van der Waals surface area contributed by atoms with Crippen LogP contribution in [0.2, 0.25) is 0 Å². The fourth-order valence-corrected chi connectivity index (χ4v) is 3.51. The van der Waals surface area contributed by atoms with Gasteiger partial charge in [-0.05, 0) is 46.9 Å². The van der Waals surface area contributed by atoms with Crippen molar-refractivity contribution < 1.29 is 26.7 Å². The summed E-state index contributed by atoms with van der Waals surface area (Å²) in [5.74, 6) is -1.41. The van der Waals surface area contributed by atoms with E-state index in [-0.39, 0.29) is 19.9 Å². The standard InChI is InChI=1S/C14H12F2INO4S/c1-21-8-3-6-11(22-2)12(7-8)23(19,20)18-10-5-4-9(15)14(17)13(10)16/h3-7,18H,1-2H3. The molecule has 0 bridgehead atoms. The van der Waals surface area contributed by atoms with Crippen molar-refractivity contribution in [1.82, 2.24) is 0 Å². The molecule has 2 aromatic rings. The third-order valence-electron chi connectivity index (χ3n) is 2.94. The van der Waals surface area contributed by atoms with Gasteiger partial charge in [0.15, 0.2) is 5.82 Å². The SMILES string of the molecule is COc1ccc(OC)c(S(=O)(=O)Nc2ccc(F)c(I)c2F)c1. The van der Waals surface area contributed by atoms with Crippen molar-refractivity contribution in [2.75, 3.05) is 18.9 Å². The van der Waals surface area contributed by atoms with Crippen LogP contribution in [0.5, 0.6) is 11.5 Å². The summed E-state index contributed by atoms with van der Waals surface area (Å²) in [5.41, 5.74) is -0.360. The summed E-state index contributed by atoms with van der Waals surface area (Å²) in [6, 6.07) is 6.17. The Bertz CT molecular complexity index is 843. The minimum atomic E-state index is -4.16. The lowest BCUT2D eigenvalue weighted by molar-refractivity contribution is 0.392. The number of rotatable bonds is 5. The molecule has 0 atom stereocenters. The van der Waals surface area contributed by atoms with E-state index in [0.29, 0.717) is 5.75 Å². The number of halogens is 3. The van der Waals surface area contributed by atoms with Crippen molar-refractivity contribution in [1.29, 1.82) is 0 Å². The second-order valence-electron chi connectivity index (χ2n) is 4.35. The Kier molecular flexibility index (Phi) is 5.30. The average Bonchev–Trinajstić information content (AvgIpc) is 2.54. The van der Waals surface area contributed by atoms with Crippen LogP contribution in [0.15, 0.2) is 35.2 Å². The molecule has 0 saturated heterocycles. The number of anilines is 1. The molecule has 2 aromatic carbocycles. The Labute approximate surface area is 145 Å². The summed E-state index contributed by atoms with van der Waals surface area (Å²) < 4.78 is 64.0. The summed E-state index contributed by atoms with van der Waals surface area (Å²) in [7, 11) is -1.47. The van der Waals surface area contributed by atoms with Crippen LogP contribution in [0.1, 0.15) is 0 Å². The number of ether oxygens (including phenoxy) is 2. The van der Waals surface area contributed by atoms with Crippen LogP contribution in [0.25, 0.3) is 0 Å². The van der Waals surface area contributed by atoms with Gasteiger partial charge in [-0.1, -0.05) is 0 Å². The first-order chi connectivity index (χ1) is 10.8. The van der Waals surface area contributed by atoms with Gasteiger partial charge in [0, 0.05) is 6.07 Å². The van der Waals surface area contributed by atoms with Crippen LogP contribution in [-0.4, -0.2) is 22.6 Å². The highest BCUT2D eigenvalue weighted by Crippen LogP contribution is 2.31. The lowest BCUT2D eigenvalue weighted by atomic mass is 10.3. The summed E-state index contributed by atoms with van der Waals surface area (Å²) in [4.78, 5) is -0.224. The predicted octanol–water partition coefficient (Wildman–Crippen LogP) is 3.39. The van der Waals surface area contributed by atoms with Gasteiger partial charge in [-0.25, -0.2) is 17.2 Å². The van der Waals surface area contributed by atoms with Gasteiger partial charge in [0.2, 0.25) is 0 Å². The van der Waals surface area contributed by atoms with Crippen molar-refractivity contribution in [2.45, 2.75) is 4.90 Å². The van der Waals surface area contributed by atoms with E-state index in [9.17, 15) is 17.2 Å². The summed E-state index contributed by atoms with van der Waals surface area (Å²) in [6.45, 7) is 0. The zero-order valence-electron chi connectivity index (χ0n) is 12.1.